The van der Waals surface area contributed by atoms with Crippen LogP contribution in [0.25, 0.3) is 0 Å². The molecule has 0 spiro atoms. The van der Waals surface area contributed by atoms with Crippen LogP contribution in [0, 0.1) is 6.54 Å². The lowest BCUT2D eigenvalue weighted by molar-refractivity contribution is 1.32. The van der Waals surface area contributed by atoms with E-state index in [0.29, 0.717) is 0 Å². The summed E-state index contributed by atoms with van der Waals surface area (Å²) in [5.41, 5.74) is 0. The first-order valence-corrected chi connectivity index (χ1v) is 3.09. The van der Waals surface area contributed by atoms with Crippen LogP contribution < -0.4 is 4.72 Å². The highest BCUT2D eigenvalue weighted by molar-refractivity contribution is 9.12. The minimum Gasteiger partial charge on any atom is -0.245 e. The summed E-state index contributed by atoms with van der Waals surface area (Å²) in [6, 6.07) is 0. The van der Waals surface area contributed by atoms with Gasteiger partial charge in [0.1, 0.15) is 6.54 Å². The molecule has 0 aliphatic carbocycles. The van der Waals surface area contributed by atoms with Gasteiger partial charge in [-0.1, -0.05) is 27.9 Å². The lowest BCUT2D eigenvalue weighted by Gasteiger charge is -1.77. The molecule has 3 heteroatoms. The molecule has 0 saturated carbocycles. The summed E-state index contributed by atoms with van der Waals surface area (Å²) in [6.45, 7) is 2.81. The van der Waals surface area contributed by atoms with Gasteiger partial charge in [-0.2, -0.15) is 0 Å². The zero-order valence-corrected chi connectivity index (χ0v) is 5.27. The molecule has 0 aromatic rings. The third kappa shape index (κ3) is 0.996. The van der Waals surface area contributed by atoms with E-state index in [1.54, 1.807) is 0 Å². The van der Waals surface area contributed by atoms with E-state index in [2.05, 4.69) is 27.2 Å². The molecule has 1 rings (SSSR count). The largest absolute Gasteiger partial charge is 0.245 e. The van der Waals surface area contributed by atoms with E-state index < -0.39 is 0 Å². The van der Waals surface area contributed by atoms with Crippen LogP contribution in [0.4, 0.5) is 0 Å². The van der Waals surface area contributed by atoms with Gasteiger partial charge in [-0.3, -0.25) is 0 Å². The summed E-state index contributed by atoms with van der Waals surface area (Å²) in [6.07, 6.45) is 0. The van der Waals surface area contributed by atoms with Crippen molar-refractivity contribution < 1.29 is 0 Å². The van der Waals surface area contributed by atoms with E-state index in [4.69, 9.17) is 0 Å². The van der Waals surface area contributed by atoms with Crippen molar-refractivity contribution in [1.82, 2.24) is 4.72 Å². The average Bonchev–Trinajstić information content (AvgIpc) is 1.86. The van der Waals surface area contributed by atoms with Crippen molar-refractivity contribution in [2.24, 2.45) is 0 Å². The van der Waals surface area contributed by atoms with Gasteiger partial charge in [0.05, 0.1) is 0 Å². The first kappa shape index (κ1) is 4.68. The molecule has 1 aliphatic heterocycles. The molecule has 0 unspecified atom stereocenters. The second-order valence-electron chi connectivity index (χ2n) is 0.811. The highest BCUT2D eigenvalue weighted by Crippen LogP contribution is 2.19. The van der Waals surface area contributed by atoms with Crippen molar-refractivity contribution in [3.05, 3.63) is 16.4 Å². The summed E-state index contributed by atoms with van der Waals surface area (Å²) in [4.78, 5) is 0. The zero-order valence-electron chi connectivity index (χ0n) is 2.86. The molecule has 0 aromatic heterocycles. The van der Waals surface area contributed by atoms with Gasteiger partial charge in [-0.05, 0) is 5.41 Å². The van der Waals surface area contributed by atoms with Crippen LogP contribution in [0.1, 0.15) is 0 Å². The molecule has 0 aromatic carbocycles. The smallest absolute Gasteiger partial charge is 0.112 e. The van der Waals surface area contributed by atoms with Gasteiger partial charge >= 0.3 is 0 Å². The Balaban J connectivity index is 2.45. The highest BCUT2D eigenvalue weighted by Gasteiger charge is 1.98. The number of hydrogen-bond acceptors (Lipinski definition) is 2. The molecule has 0 atom stereocenters. The SMILES string of the molecule is BrC1=CSN[C]1. The van der Waals surface area contributed by atoms with Crippen molar-refractivity contribution in [2.75, 3.05) is 0 Å². The average molecular weight is 164 g/mol. The summed E-state index contributed by atoms with van der Waals surface area (Å²) < 4.78 is 3.79. The Morgan fingerprint density at radius 1 is 2.00 bits per heavy atom. The van der Waals surface area contributed by atoms with Crippen molar-refractivity contribution in [3.8, 4) is 0 Å². The maximum atomic E-state index is 3.20. The maximum Gasteiger partial charge on any atom is 0.112 e. The molecule has 32 valence electrons. The fraction of sp³-hybridized carbons (Fsp3) is 0. The lowest BCUT2D eigenvalue weighted by Crippen LogP contribution is -1.86. The molecule has 1 nitrogen and oxygen atoms in total. The molecular formula is C3H2BrNS. The molecule has 0 bridgehead atoms. The Morgan fingerprint density at radius 2 is 2.83 bits per heavy atom. The number of hydrogen-bond donors (Lipinski definition) is 1. The summed E-state index contributed by atoms with van der Waals surface area (Å²) in [7, 11) is 0. The maximum absolute atomic E-state index is 3.20. The third-order valence-corrected chi connectivity index (χ3v) is 1.70. The summed E-state index contributed by atoms with van der Waals surface area (Å²) in [5.74, 6) is 0. The van der Waals surface area contributed by atoms with E-state index in [1.807, 2.05) is 5.41 Å². The van der Waals surface area contributed by atoms with Crippen molar-refractivity contribution in [3.63, 3.8) is 0 Å². The Kier molecular flexibility index (Phi) is 1.56. The van der Waals surface area contributed by atoms with Crippen molar-refractivity contribution in [2.45, 2.75) is 0 Å². The molecule has 6 heavy (non-hydrogen) atoms. The van der Waals surface area contributed by atoms with Crippen LogP contribution in [0.2, 0.25) is 0 Å². The molecule has 2 radical (unpaired) electrons. The fourth-order valence-corrected chi connectivity index (χ4v) is 1.09. The van der Waals surface area contributed by atoms with Crippen LogP contribution in [-0.2, 0) is 0 Å². The van der Waals surface area contributed by atoms with Gasteiger partial charge in [-0.25, -0.2) is 4.72 Å². The number of halogens is 1. The van der Waals surface area contributed by atoms with Crippen molar-refractivity contribution >= 4 is 27.9 Å². The van der Waals surface area contributed by atoms with Gasteiger partial charge < -0.3 is 0 Å². The molecule has 1 heterocycles. The Bertz CT molecular complexity index is 80.9. The van der Waals surface area contributed by atoms with Gasteiger partial charge in [-0.15, -0.1) is 0 Å². The van der Waals surface area contributed by atoms with Crippen LogP contribution in [0.3, 0.4) is 0 Å². The second kappa shape index (κ2) is 2.00. The van der Waals surface area contributed by atoms with Gasteiger partial charge in [0.2, 0.25) is 0 Å². The highest BCUT2D eigenvalue weighted by atomic mass is 79.9. The summed E-state index contributed by atoms with van der Waals surface area (Å²) in [5, 5.41) is 1.93. The third-order valence-electron chi connectivity index (χ3n) is 0.392. The van der Waals surface area contributed by atoms with E-state index in [-0.39, 0.29) is 0 Å². The Labute approximate surface area is 49.4 Å². The molecule has 0 amide bonds. The predicted octanol–water partition coefficient (Wildman–Crippen LogP) is 1.51. The molecule has 1 N–H and O–H groups in total. The van der Waals surface area contributed by atoms with Gasteiger partial charge in [0.25, 0.3) is 0 Å². The standard InChI is InChI=1S/C3H2BrNS/c4-3-1-5-6-2-3/h2,5H. The molecular weight excluding hydrogens is 162 g/mol. The number of rotatable bonds is 0. The second-order valence-corrected chi connectivity index (χ2v) is 2.34. The van der Waals surface area contributed by atoms with E-state index in [0.717, 1.165) is 4.48 Å². The van der Waals surface area contributed by atoms with Crippen molar-refractivity contribution in [1.29, 1.82) is 0 Å². The quantitative estimate of drug-likeness (QED) is 0.544. The molecule has 0 fully saturated rings. The van der Waals surface area contributed by atoms with E-state index in [1.165, 1.54) is 11.9 Å². The zero-order chi connectivity index (χ0) is 4.41. The molecule has 1 aliphatic rings. The van der Waals surface area contributed by atoms with E-state index in [9.17, 15) is 0 Å². The monoisotopic (exact) mass is 163 g/mol. The van der Waals surface area contributed by atoms with Crippen LogP contribution >= 0.6 is 27.9 Å². The first-order valence-electron chi connectivity index (χ1n) is 1.42. The Hall–Kier alpha value is 0.530. The van der Waals surface area contributed by atoms with Crippen LogP contribution in [0.15, 0.2) is 9.89 Å². The topological polar surface area (TPSA) is 12.0 Å². The van der Waals surface area contributed by atoms with Crippen LogP contribution in [0.5, 0.6) is 0 Å². The normalized spacial score (nSPS) is 21.2. The van der Waals surface area contributed by atoms with E-state index >= 15 is 0 Å². The predicted molar refractivity (Wildman–Crippen MR) is 31.0 cm³/mol. The summed E-state index contributed by atoms with van der Waals surface area (Å²) >= 11 is 4.72. The minimum atomic E-state index is 0.993. The van der Waals surface area contributed by atoms with Crippen LogP contribution in [-0.4, -0.2) is 0 Å². The number of nitrogens with one attached hydrogen (secondary N) is 1. The van der Waals surface area contributed by atoms with Gasteiger partial charge in [0, 0.05) is 4.48 Å². The van der Waals surface area contributed by atoms with Gasteiger partial charge in [0.15, 0.2) is 0 Å². The lowest BCUT2D eigenvalue weighted by atomic mass is 10.7. The minimum absolute atomic E-state index is 0.993. The Morgan fingerprint density at radius 3 is 3.00 bits per heavy atom. The molecule has 0 saturated heterocycles. The fourth-order valence-electron chi connectivity index (χ4n) is 0.189. The first-order chi connectivity index (χ1) is 2.89.